The average Bonchev–Trinajstić information content (AvgIpc) is 2.16. The summed E-state index contributed by atoms with van der Waals surface area (Å²) in [6.07, 6.45) is 2.13. The Balaban J connectivity index is 3.18. The molecule has 1 rings (SSSR count). The van der Waals surface area contributed by atoms with Crippen molar-refractivity contribution in [3.63, 3.8) is 0 Å². The van der Waals surface area contributed by atoms with E-state index in [1.807, 2.05) is 0 Å². The van der Waals surface area contributed by atoms with Gasteiger partial charge >= 0.3 is 0 Å². The summed E-state index contributed by atoms with van der Waals surface area (Å²) in [5, 5.41) is 0. The van der Waals surface area contributed by atoms with Crippen molar-refractivity contribution < 1.29 is 0 Å². The SMILES string of the molecule is C/C=C(/C)N(C)c1c(C)cccc1C. The third-order valence-corrected chi connectivity index (χ3v) is 2.72. The molecule has 0 aliphatic carbocycles. The smallest absolute Gasteiger partial charge is 0.0464 e. The van der Waals surface area contributed by atoms with Crippen LogP contribution >= 0.6 is 0 Å². The molecule has 1 heteroatoms. The van der Waals surface area contributed by atoms with Crippen molar-refractivity contribution in [2.24, 2.45) is 0 Å². The first-order valence-electron chi connectivity index (χ1n) is 5.00. The lowest BCUT2D eigenvalue weighted by Crippen LogP contribution is -2.16. The second-order valence-electron chi connectivity index (χ2n) is 3.73. The third-order valence-electron chi connectivity index (χ3n) is 2.72. The van der Waals surface area contributed by atoms with Crippen LogP contribution in [-0.4, -0.2) is 7.05 Å². The number of rotatable bonds is 2. The van der Waals surface area contributed by atoms with Crippen molar-refractivity contribution in [1.29, 1.82) is 0 Å². The quantitative estimate of drug-likeness (QED) is 0.686. The first-order chi connectivity index (χ1) is 6.57. The number of allylic oxidation sites excluding steroid dienone is 2. The fraction of sp³-hybridized carbons (Fsp3) is 0.385. The van der Waals surface area contributed by atoms with Gasteiger partial charge in [0.15, 0.2) is 0 Å². The molecule has 0 bridgehead atoms. The van der Waals surface area contributed by atoms with Gasteiger partial charge in [-0.15, -0.1) is 0 Å². The van der Waals surface area contributed by atoms with Crippen molar-refractivity contribution in [3.8, 4) is 0 Å². The third kappa shape index (κ3) is 1.98. The van der Waals surface area contributed by atoms with Crippen LogP contribution in [0.4, 0.5) is 5.69 Å². The zero-order valence-corrected chi connectivity index (χ0v) is 9.76. The fourth-order valence-electron chi connectivity index (χ4n) is 1.70. The number of aryl methyl sites for hydroxylation is 2. The van der Waals surface area contributed by atoms with Crippen LogP contribution < -0.4 is 4.90 Å². The van der Waals surface area contributed by atoms with Crippen LogP contribution in [0.25, 0.3) is 0 Å². The molecule has 1 aromatic rings. The van der Waals surface area contributed by atoms with E-state index >= 15 is 0 Å². The summed E-state index contributed by atoms with van der Waals surface area (Å²) in [6, 6.07) is 6.41. The van der Waals surface area contributed by atoms with Crippen LogP contribution in [0.5, 0.6) is 0 Å². The second kappa shape index (κ2) is 4.32. The molecule has 0 saturated carbocycles. The molecule has 0 aliphatic rings. The molecule has 0 atom stereocenters. The van der Waals surface area contributed by atoms with Crippen LogP contribution in [-0.2, 0) is 0 Å². The highest BCUT2D eigenvalue weighted by molar-refractivity contribution is 5.61. The van der Waals surface area contributed by atoms with Gasteiger partial charge in [0, 0.05) is 18.4 Å². The molecule has 0 radical (unpaired) electrons. The maximum absolute atomic E-state index is 2.24. The minimum atomic E-state index is 1.28. The summed E-state index contributed by atoms with van der Waals surface area (Å²) in [6.45, 7) is 8.51. The number of hydrogen-bond donors (Lipinski definition) is 0. The zero-order valence-electron chi connectivity index (χ0n) is 9.76. The van der Waals surface area contributed by atoms with Crippen molar-refractivity contribution in [1.82, 2.24) is 0 Å². The predicted octanol–water partition coefficient (Wildman–Crippen LogP) is 3.66. The monoisotopic (exact) mass is 189 g/mol. The molecule has 0 aromatic heterocycles. The standard InChI is InChI=1S/C13H19N/c1-6-12(4)14(5)13-10(2)8-7-9-11(13)3/h6-9H,1-5H3/b12-6-. The van der Waals surface area contributed by atoms with Crippen molar-refractivity contribution in [2.75, 3.05) is 11.9 Å². The van der Waals surface area contributed by atoms with Gasteiger partial charge in [0.05, 0.1) is 0 Å². The molecular weight excluding hydrogens is 170 g/mol. The number of para-hydroxylation sites is 1. The molecule has 76 valence electrons. The van der Waals surface area contributed by atoms with Crippen LogP contribution in [0, 0.1) is 13.8 Å². The summed E-state index contributed by atoms with van der Waals surface area (Å²) in [7, 11) is 2.12. The van der Waals surface area contributed by atoms with Crippen LogP contribution in [0.3, 0.4) is 0 Å². The van der Waals surface area contributed by atoms with E-state index in [9.17, 15) is 0 Å². The van der Waals surface area contributed by atoms with E-state index < -0.39 is 0 Å². The highest BCUT2D eigenvalue weighted by Gasteiger charge is 2.07. The molecule has 0 amide bonds. The topological polar surface area (TPSA) is 3.24 Å². The number of benzene rings is 1. The van der Waals surface area contributed by atoms with E-state index in [1.165, 1.54) is 22.5 Å². The molecule has 1 nitrogen and oxygen atoms in total. The summed E-state index contributed by atoms with van der Waals surface area (Å²) < 4.78 is 0. The summed E-state index contributed by atoms with van der Waals surface area (Å²) in [5.41, 5.74) is 5.26. The fourth-order valence-corrected chi connectivity index (χ4v) is 1.70. The van der Waals surface area contributed by atoms with Gasteiger partial charge in [-0.1, -0.05) is 24.3 Å². The van der Waals surface area contributed by atoms with Gasteiger partial charge in [0.25, 0.3) is 0 Å². The van der Waals surface area contributed by atoms with Gasteiger partial charge in [-0.25, -0.2) is 0 Å². The Morgan fingerprint density at radius 3 is 2.14 bits per heavy atom. The van der Waals surface area contributed by atoms with E-state index in [0.29, 0.717) is 0 Å². The minimum absolute atomic E-state index is 1.28. The predicted molar refractivity (Wildman–Crippen MR) is 63.8 cm³/mol. The lowest BCUT2D eigenvalue weighted by Gasteiger charge is -2.24. The first kappa shape index (κ1) is 10.8. The number of hydrogen-bond acceptors (Lipinski definition) is 1. The zero-order chi connectivity index (χ0) is 10.7. The molecular formula is C13H19N. The molecule has 0 fully saturated rings. The van der Waals surface area contributed by atoms with Crippen LogP contribution in [0.2, 0.25) is 0 Å². The summed E-state index contributed by atoms with van der Waals surface area (Å²) in [5.74, 6) is 0. The largest absolute Gasteiger partial charge is 0.348 e. The summed E-state index contributed by atoms with van der Waals surface area (Å²) in [4.78, 5) is 2.24. The van der Waals surface area contributed by atoms with E-state index in [2.05, 4.69) is 63.9 Å². The van der Waals surface area contributed by atoms with Gasteiger partial charge in [-0.2, -0.15) is 0 Å². The van der Waals surface area contributed by atoms with Gasteiger partial charge in [-0.3, -0.25) is 0 Å². The highest BCUT2D eigenvalue weighted by Crippen LogP contribution is 2.25. The van der Waals surface area contributed by atoms with Crippen molar-refractivity contribution in [2.45, 2.75) is 27.7 Å². The Morgan fingerprint density at radius 1 is 1.21 bits per heavy atom. The minimum Gasteiger partial charge on any atom is -0.348 e. The molecule has 1 aromatic carbocycles. The number of nitrogens with zero attached hydrogens (tertiary/aromatic N) is 1. The maximum Gasteiger partial charge on any atom is 0.0464 e. The van der Waals surface area contributed by atoms with Gasteiger partial charge < -0.3 is 4.90 Å². The lowest BCUT2D eigenvalue weighted by atomic mass is 10.1. The van der Waals surface area contributed by atoms with Crippen molar-refractivity contribution in [3.05, 3.63) is 41.1 Å². The van der Waals surface area contributed by atoms with Crippen LogP contribution in [0.15, 0.2) is 30.0 Å². The van der Waals surface area contributed by atoms with E-state index in [1.54, 1.807) is 0 Å². The maximum atomic E-state index is 2.24. The average molecular weight is 189 g/mol. The Kier molecular flexibility index (Phi) is 3.34. The van der Waals surface area contributed by atoms with Gasteiger partial charge in [0.1, 0.15) is 0 Å². The Hall–Kier alpha value is -1.24. The van der Waals surface area contributed by atoms with E-state index in [4.69, 9.17) is 0 Å². The van der Waals surface area contributed by atoms with Crippen molar-refractivity contribution >= 4 is 5.69 Å². The number of anilines is 1. The Morgan fingerprint density at radius 2 is 1.71 bits per heavy atom. The molecule has 14 heavy (non-hydrogen) atoms. The molecule has 0 saturated heterocycles. The van der Waals surface area contributed by atoms with Gasteiger partial charge in [-0.05, 0) is 38.8 Å². The van der Waals surface area contributed by atoms with E-state index in [-0.39, 0.29) is 0 Å². The highest BCUT2D eigenvalue weighted by atomic mass is 15.1. The normalized spacial score (nSPS) is 11.6. The van der Waals surface area contributed by atoms with Gasteiger partial charge in [0.2, 0.25) is 0 Å². The Labute approximate surface area is 87.1 Å². The Bertz CT molecular complexity index is 330. The van der Waals surface area contributed by atoms with E-state index in [0.717, 1.165) is 0 Å². The molecule has 0 unspecified atom stereocenters. The molecule has 0 aliphatic heterocycles. The first-order valence-corrected chi connectivity index (χ1v) is 5.00. The van der Waals surface area contributed by atoms with Crippen LogP contribution in [0.1, 0.15) is 25.0 Å². The molecule has 0 spiro atoms. The molecule has 0 heterocycles. The molecule has 0 N–H and O–H groups in total. The summed E-state index contributed by atoms with van der Waals surface area (Å²) >= 11 is 0. The lowest BCUT2D eigenvalue weighted by molar-refractivity contribution is 1.06. The second-order valence-corrected chi connectivity index (χ2v) is 3.73.